The van der Waals surface area contributed by atoms with Crippen LogP contribution in [0.2, 0.25) is 0 Å². The molecule has 0 aliphatic heterocycles. The average molecular weight is 214 g/mol. The zero-order valence-electron chi connectivity index (χ0n) is 6.95. The minimum absolute atomic E-state index is 0. The Bertz CT molecular complexity index is 133. The van der Waals surface area contributed by atoms with Crippen LogP contribution < -0.4 is 11.5 Å². The first-order valence-electron chi connectivity index (χ1n) is 3.79. The maximum atomic E-state index is 7.19. The van der Waals surface area contributed by atoms with Crippen LogP contribution >= 0.6 is 24.8 Å². The van der Waals surface area contributed by atoms with E-state index in [0.717, 1.165) is 25.7 Å². The van der Waals surface area contributed by atoms with E-state index < -0.39 is 0 Å². The Labute approximate surface area is 85.6 Å². The molecule has 5 heteroatoms. The van der Waals surface area contributed by atoms with E-state index >= 15 is 0 Å². The first kappa shape index (κ1) is 14.5. The molecule has 0 amide bonds. The smallest absolute Gasteiger partial charge is 0.0936 e. The van der Waals surface area contributed by atoms with E-state index in [1.165, 1.54) is 0 Å². The zero-order chi connectivity index (χ0) is 7.56. The van der Waals surface area contributed by atoms with Gasteiger partial charge in [-0.15, -0.1) is 24.8 Å². The summed E-state index contributed by atoms with van der Waals surface area (Å²) >= 11 is 0. The van der Waals surface area contributed by atoms with Crippen molar-refractivity contribution in [3.8, 4) is 0 Å². The lowest BCUT2D eigenvalue weighted by molar-refractivity contribution is 0.389. The van der Waals surface area contributed by atoms with Crippen molar-refractivity contribution in [1.29, 1.82) is 5.41 Å². The van der Waals surface area contributed by atoms with Gasteiger partial charge in [-0.05, 0) is 25.7 Å². The van der Waals surface area contributed by atoms with Gasteiger partial charge in [-0.2, -0.15) is 0 Å². The zero-order valence-corrected chi connectivity index (χ0v) is 8.59. The molecular weight excluding hydrogens is 197 g/mol. The first-order chi connectivity index (χ1) is 4.70. The van der Waals surface area contributed by atoms with E-state index in [1.54, 1.807) is 0 Å². The number of halogens is 2. The van der Waals surface area contributed by atoms with Crippen molar-refractivity contribution >= 4 is 30.6 Å². The highest BCUT2D eigenvalue weighted by Crippen LogP contribution is 2.22. The fourth-order valence-corrected chi connectivity index (χ4v) is 1.43. The van der Waals surface area contributed by atoms with Crippen LogP contribution in [0.3, 0.4) is 0 Å². The van der Waals surface area contributed by atoms with E-state index in [9.17, 15) is 0 Å². The van der Waals surface area contributed by atoms with E-state index in [4.69, 9.17) is 16.9 Å². The van der Waals surface area contributed by atoms with Crippen molar-refractivity contribution in [3.63, 3.8) is 0 Å². The molecule has 3 nitrogen and oxygen atoms in total. The van der Waals surface area contributed by atoms with Crippen molar-refractivity contribution in [2.75, 3.05) is 0 Å². The summed E-state index contributed by atoms with van der Waals surface area (Å²) in [5.74, 6) is 0.659. The van der Waals surface area contributed by atoms with E-state index in [2.05, 4.69) is 0 Å². The van der Waals surface area contributed by atoms with Crippen LogP contribution in [0.4, 0.5) is 0 Å². The highest BCUT2D eigenvalue weighted by atomic mass is 35.5. The van der Waals surface area contributed by atoms with Crippen LogP contribution in [0.15, 0.2) is 0 Å². The Kier molecular flexibility index (Phi) is 7.89. The Morgan fingerprint density at radius 3 is 1.83 bits per heavy atom. The van der Waals surface area contributed by atoms with Crippen LogP contribution in [0.25, 0.3) is 0 Å². The van der Waals surface area contributed by atoms with Crippen LogP contribution in [0, 0.1) is 11.3 Å². The Morgan fingerprint density at radius 2 is 1.50 bits per heavy atom. The minimum Gasteiger partial charge on any atom is -0.387 e. The third-order valence-corrected chi connectivity index (χ3v) is 2.21. The van der Waals surface area contributed by atoms with Gasteiger partial charge in [0, 0.05) is 12.0 Å². The normalized spacial score (nSPS) is 28.1. The quantitative estimate of drug-likeness (QED) is 0.454. The van der Waals surface area contributed by atoms with Gasteiger partial charge in [-0.1, -0.05) is 0 Å². The third kappa shape index (κ3) is 4.14. The fourth-order valence-electron chi connectivity index (χ4n) is 1.43. The molecule has 0 radical (unpaired) electrons. The molecule has 0 aromatic rings. The maximum absolute atomic E-state index is 7.19. The predicted octanol–water partition coefficient (Wildman–Crippen LogP) is 1.28. The van der Waals surface area contributed by atoms with Crippen molar-refractivity contribution in [3.05, 3.63) is 0 Å². The summed E-state index contributed by atoms with van der Waals surface area (Å²) in [5, 5.41) is 7.19. The molecule has 74 valence electrons. The fraction of sp³-hybridized carbons (Fsp3) is 0.857. The molecule has 1 fully saturated rings. The van der Waals surface area contributed by atoms with Gasteiger partial charge in [0.1, 0.15) is 0 Å². The Hall–Kier alpha value is 0.01000. The molecule has 0 aromatic heterocycles. The van der Waals surface area contributed by atoms with Crippen molar-refractivity contribution in [1.82, 2.24) is 0 Å². The van der Waals surface area contributed by atoms with Gasteiger partial charge >= 0.3 is 0 Å². The van der Waals surface area contributed by atoms with E-state index in [0.29, 0.717) is 17.8 Å². The average Bonchev–Trinajstić information content (AvgIpc) is 1.88. The molecule has 1 saturated carbocycles. The van der Waals surface area contributed by atoms with Gasteiger partial charge in [0.05, 0.1) is 5.84 Å². The topological polar surface area (TPSA) is 75.9 Å². The molecule has 1 aliphatic rings. The number of amidine groups is 1. The lowest BCUT2D eigenvalue weighted by Crippen LogP contribution is -2.32. The molecule has 5 N–H and O–H groups in total. The van der Waals surface area contributed by atoms with Gasteiger partial charge < -0.3 is 11.5 Å². The number of nitrogens with one attached hydrogen (secondary N) is 1. The predicted molar refractivity (Wildman–Crippen MR) is 56.3 cm³/mol. The highest BCUT2D eigenvalue weighted by Gasteiger charge is 2.19. The first-order valence-corrected chi connectivity index (χ1v) is 3.79. The largest absolute Gasteiger partial charge is 0.387 e. The molecule has 0 spiro atoms. The van der Waals surface area contributed by atoms with Gasteiger partial charge in [0.25, 0.3) is 0 Å². The van der Waals surface area contributed by atoms with Crippen LogP contribution in [0.1, 0.15) is 25.7 Å². The second kappa shape index (κ2) is 6.52. The lowest BCUT2D eigenvalue weighted by Gasteiger charge is -2.24. The van der Waals surface area contributed by atoms with Gasteiger partial charge in [0.2, 0.25) is 0 Å². The summed E-state index contributed by atoms with van der Waals surface area (Å²) in [6.07, 6.45) is 4.08. The molecule has 0 bridgehead atoms. The molecule has 0 unspecified atom stereocenters. The van der Waals surface area contributed by atoms with E-state index in [-0.39, 0.29) is 24.8 Å². The summed E-state index contributed by atoms with van der Waals surface area (Å²) in [6.45, 7) is 0. The van der Waals surface area contributed by atoms with Crippen molar-refractivity contribution in [2.24, 2.45) is 17.4 Å². The van der Waals surface area contributed by atoms with Crippen molar-refractivity contribution < 1.29 is 0 Å². The molecule has 12 heavy (non-hydrogen) atoms. The minimum atomic E-state index is 0. The summed E-state index contributed by atoms with van der Waals surface area (Å²) < 4.78 is 0. The molecule has 0 saturated heterocycles. The Morgan fingerprint density at radius 1 is 1.08 bits per heavy atom. The van der Waals surface area contributed by atoms with Crippen LogP contribution in [0.5, 0.6) is 0 Å². The summed E-state index contributed by atoms with van der Waals surface area (Å²) in [5.41, 5.74) is 11.0. The summed E-state index contributed by atoms with van der Waals surface area (Å²) in [6, 6.07) is 0.357. The molecule has 1 rings (SSSR count). The second-order valence-corrected chi connectivity index (χ2v) is 3.07. The van der Waals surface area contributed by atoms with Gasteiger partial charge in [-0.25, -0.2) is 0 Å². The highest BCUT2D eigenvalue weighted by molar-refractivity contribution is 5.85. The molecule has 0 heterocycles. The summed E-state index contributed by atoms with van der Waals surface area (Å²) in [4.78, 5) is 0. The number of rotatable bonds is 1. The number of hydrogen-bond acceptors (Lipinski definition) is 2. The van der Waals surface area contributed by atoms with Gasteiger partial charge in [-0.3, -0.25) is 5.41 Å². The van der Waals surface area contributed by atoms with Gasteiger partial charge in [0.15, 0.2) is 0 Å². The number of hydrogen-bond donors (Lipinski definition) is 3. The maximum Gasteiger partial charge on any atom is 0.0936 e. The molecule has 0 atom stereocenters. The molecule has 0 aromatic carbocycles. The number of nitrogens with two attached hydrogens (primary N) is 2. The van der Waals surface area contributed by atoms with E-state index in [1.807, 2.05) is 0 Å². The molecule has 1 aliphatic carbocycles. The summed E-state index contributed by atoms with van der Waals surface area (Å²) in [7, 11) is 0. The second-order valence-electron chi connectivity index (χ2n) is 3.07. The standard InChI is InChI=1S/C7H15N3.2ClH/c8-6-3-1-5(2-4-6)7(9)10;;/h5-6H,1-4,8H2,(H3,9,10);2*1H. The van der Waals surface area contributed by atoms with Crippen LogP contribution in [-0.4, -0.2) is 11.9 Å². The SMILES string of the molecule is Cl.Cl.N=C(N)C1CCC(N)CC1. The monoisotopic (exact) mass is 213 g/mol. The van der Waals surface area contributed by atoms with Crippen LogP contribution in [-0.2, 0) is 0 Å². The van der Waals surface area contributed by atoms with Crippen molar-refractivity contribution in [2.45, 2.75) is 31.7 Å². The Balaban J connectivity index is 0. The lowest BCUT2D eigenvalue weighted by atomic mass is 9.86. The molecular formula is C7H17Cl2N3. The third-order valence-electron chi connectivity index (χ3n) is 2.21.